The summed E-state index contributed by atoms with van der Waals surface area (Å²) in [6.45, 7) is 0.0901. The van der Waals surface area contributed by atoms with Crippen molar-refractivity contribution in [3.63, 3.8) is 0 Å². The van der Waals surface area contributed by atoms with E-state index in [1.54, 1.807) is 30.6 Å². The van der Waals surface area contributed by atoms with Crippen LogP contribution < -0.4 is 5.32 Å². The molecule has 0 radical (unpaired) electrons. The maximum atomic E-state index is 12.1. The van der Waals surface area contributed by atoms with Gasteiger partial charge in [0.05, 0.1) is 18.0 Å². The van der Waals surface area contributed by atoms with Crippen molar-refractivity contribution in [2.45, 2.75) is 35.8 Å². The first-order chi connectivity index (χ1) is 11.1. The Bertz CT molecular complexity index is 545. The molecule has 0 aliphatic heterocycles. The second kappa shape index (κ2) is 9.23. The molecule has 1 N–H and O–H groups in total. The molecule has 1 aromatic rings. The number of nitrogens with zero attached hydrogens (tertiary/aromatic N) is 1. The minimum absolute atomic E-state index is 0.0233. The first-order valence-electron chi connectivity index (χ1n) is 7.88. The fourth-order valence-corrected chi connectivity index (χ4v) is 4.41. The highest BCUT2D eigenvalue weighted by Crippen LogP contribution is 2.29. The van der Waals surface area contributed by atoms with E-state index in [9.17, 15) is 9.59 Å². The van der Waals surface area contributed by atoms with Gasteiger partial charge in [0.25, 0.3) is 0 Å². The van der Waals surface area contributed by atoms with Crippen LogP contribution in [0.25, 0.3) is 0 Å². The molecule has 2 rings (SSSR count). The zero-order chi connectivity index (χ0) is 16.7. The predicted molar refractivity (Wildman–Crippen MR) is 99.2 cm³/mol. The molecule has 1 aliphatic rings. The van der Waals surface area contributed by atoms with E-state index in [0.717, 1.165) is 10.6 Å². The molecule has 1 aromatic carbocycles. The molecule has 0 unspecified atom stereocenters. The van der Waals surface area contributed by atoms with E-state index < -0.39 is 0 Å². The molecule has 23 heavy (non-hydrogen) atoms. The van der Waals surface area contributed by atoms with Gasteiger partial charge in [0.15, 0.2) is 0 Å². The Hall–Kier alpha value is -1.14. The predicted octanol–water partition coefficient (Wildman–Crippen LogP) is 3.48. The van der Waals surface area contributed by atoms with Crippen LogP contribution in [0.5, 0.6) is 0 Å². The summed E-state index contributed by atoms with van der Waals surface area (Å²) >= 11 is 3.32. The maximum absolute atomic E-state index is 12.1. The quantitative estimate of drug-likeness (QED) is 0.763. The number of anilines is 1. The lowest BCUT2D eigenvalue weighted by Crippen LogP contribution is -2.36. The summed E-state index contributed by atoms with van der Waals surface area (Å²) in [4.78, 5) is 26.8. The molecule has 0 bridgehead atoms. The van der Waals surface area contributed by atoms with Crippen molar-refractivity contribution in [2.24, 2.45) is 0 Å². The van der Waals surface area contributed by atoms with Crippen molar-refractivity contribution in [1.29, 1.82) is 0 Å². The van der Waals surface area contributed by atoms with Gasteiger partial charge in [-0.25, -0.2) is 0 Å². The molecule has 126 valence electrons. The Morgan fingerprint density at radius 3 is 2.65 bits per heavy atom. The van der Waals surface area contributed by atoms with E-state index in [1.807, 2.05) is 30.5 Å². The van der Waals surface area contributed by atoms with Crippen LogP contribution in [-0.4, -0.2) is 47.6 Å². The zero-order valence-electron chi connectivity index (χ0n) is 13.7. The van der Waals surface area contributed by atoms with Gasteiger partial charge in [-0.3, -0.25) is 9.59 Å². The molecule has 0 atom stereocenters. The van der Waals surface area contributed by atoms with Gasteiger partial charge in [0, 0.05) is 17.2 Å². The second-order valence-corrected chi connectivity index (χ2v) is 7.85. The summed E-state index contributed by atoms with van der Waals surface area (Å²) in [6.07, 6.45) is 6.96. The summed E-state index contributed by atoms with van der Waals surface area (Å²) in [5, 5.41) is 3.50. The molecular weight excluding hydrogens is 328 g/mol. The number of amides is 2. The smallest absolute Gasteiger partial charge is 0.244 e. The Kier molecular flexibility index (Phi) is 7.30. The molecule has 1 fully saturated rings. The highest BCUT2D eigenvalue weighted by Gasteiger charge is 2.19. The molecular formula is C17H24N2O2S2. The van der Waals surface area contributed by atoms with E-state index >= 15 is 0 Å². The number of para-hydroxylation sites is 1. The van der Waals surface area contributed by atoms with Gasteiger partial charge < -0.3 is 10.2 Å². The number of hydrogen-bond acceptors (Lipinski definition) is 4. The first kappa shape index (κ1) is 18.2. The standard InChI is InChI=1S/C17H24N2O2S2/c1-19(17(21)12-23-13-7-3-4-8-13)11-16(20)18-14-9-5-6-10-15(14)22-2/h5-6,9-10,13H,3-4,7-8,11-12H2,1-2H3,(H,18,20). The summed E-state index contributed by atoms with van der Waals surface area (Å²) < 4.78 is 0. The van der Waals surface area contributed by atoms with Gasteiger partial charge in [-0.2, -0.15) is 0 Å². The fourth-order valence-electron chi connectivity index (χ4n) is 2.60. The van der Waals surface area contributed by atoms with E-state index in [1.165, 1.54) is 30.6 Å². The van der Waals surface area contributed by atoms with Crippen molar-refractivity contribution in [3.8, 4) is 0 Å². The van der Waals surface area contributed by atoms with Crippen LogP contribution in [0.15, 0.2) is 29.2 Å². The van der Waals surface area contributed by atoms with Gasteiger partial charge in [-0.05, 0) is 31.2 Å². The Morgan fingerprint density at radius 2 is 1.96 bits per heavy atom. The fraction of sp³-hybridized carbons (Fsp3) is 0.529. The van der Waals surface area contributed by atoms with Crippen molar-refractivity contribution in [2.75, 3.05) is 30.9 Å². The number of thioether (sulfide) groups is 2. The van der Waals surface area contributed by atoms with Crippen LogP contribution in [0.1, 0.15) is 25.7 Å². The highest BCUT2D eigenvalue weighted by molar-refractivity contribution is 8.00. The Morgan fingerprint density at radius 1 is 1.26 bits per heavy atom. The van der Waals surface area contributed by atoms with Crippen molar-refractivity contribution in [3.05, 3.63) is 24.3 Å². The lowest BCUT2D eigenvalue weighted by molar-refractivity contribution is -0.131. The molecule has 2 amide bonds. The average Bonchev–Trinajstić information content (AvgIpc) is 3.06. The first-order valence-corrected chi connectivity index (χ1v) is 10.2. The number of likely N-dealkylation sites (N-methyl/N-ethyl adjacent to an activating group) is 1. The van der Waals surface area contributed by atoms with E-state index in [2.05, 4.69) is 5.32 Å². The number of rotatable bonds is 7. The highest BCUT2D eigenvalue weighted by atomic mass is 32.2. The second-order valence-electron chi connectivity index (χ2n) is 5.72. The maximum Gasteiger partial charge on any atom is 0.244 e. The Balaban J connectivity index is 1.78. The monoisotopic (exact) mass is 352 g/mol. The minimum Gasteiger partial charge on any atom is -0.336 e. The SMILES string of the molecule is CSc1ccccc1NC(=O)CN(C)C(=O)CSC1CCCC1. The number of benzene rings is 1. The lowest BCUT2D eigenvalue weighted by atomic mass is 10.3. The molecule has 0 heterocycles. The van der Waals surface area contributed by atoms with Crippen molar-refractivity contribution >= 4 is 41.0 Å². The van der Waals surface area contributed by atoms with Gasteiger partial charge in [0.1, 0.15) is 0 Å². The zero-order valence-corrected chi connectivity index (χ0v) is 15.3. The molecule has 4 nitrogen and oxygen atoms in total. The van der Waals surface area contributed by atoms with E-state index in [-0.39, 0.29) is 18.4 Å². The molecule has 1 aliphatic carbocycles. The number of carbonyl (C=O) groups excluding carboxylic acids is 2. The van der Waals surface area contributed by atoms with Crippen LogP contribution >= 0.6 is 23.5 Å². The largest absolute Gasteiger partial charge is 0.336 e. The molecule has 0 aromatic heterocycles. The topological polar surface area (TPSA) is 49.4 Å². The van der Waals surface area contributed by atoms with Crippen LogP contribution in [0, 0.1) is 0 Å². The van der Waals surface area contributed by atoms with Crippen LogP contribution in [0.4, 0.5) is 5.69 Å². The van der Waals surface area contributed by atoms with Crippen molar-refractivity contribution < 1.29 is 9.59 Å². The van der Waals surface area contributed by atoms with Gasteiger partial charge in [-0.15, -0.1) is 23.5 Å². The van der Waals surface area contributed by atoms with Gasteiger partial charge in [-0.1, -0.05) is 25.0 Å². The lowest BCUT2D eigenvalue weighted by Gasteiger charge is -2.18. The Labute approximate surface area is 146 Å². The van der Waals surface area contributed by atoms with Crippen LogP contribution in [0.3, 0.4) is 0 Å². The summed E-state index contributed by atoms with van der Waals surface area (Å²) in [6, 6.07) is 7.68. The van der Waals surface area contributed by atoms with E-state index in [0.29, 0.717) is 11.0 Å². The van der Waals surface area contributed by atoms with Crippen LogP contribution in [-0.2, 0) is 9.59 Å². The third-order valence-corrected chi connectivity index (χ3v) is 6.08. The van der Waals surface area contributed by atoms with Gasteiger partial charge >= 0.3 is 0 Å². The normalized spacial score (nSPS) is 14.7. The minimum atomic E-state index is -0.159. The molecule has 0 spiro atoms. The average molecular weight is 353 g/mol. The number of nitrogens with one attached hydrogen (secondary N) is 1. The summed E-state index contributed by atoms with van der Waals surface area (Å²) in [5.74, 6) is 0.332. The van der Waals surface area contributed by atoms with Crippen molar-refractivity contribution in [1.82, 2.24) is 4.90 Å². The number of carbonyl (C=O) groups is 2. The molecule has 6 heteroatoms. The van der Waals surface area contributed by atoms with E-state index in [4.69, 9.17) is 0 Å². The third-order valence-electron chi connectivity index (χ3n) is 3.93. The van der Waals surface area contributed by atoms with Crippen LogP contribution in [0.2, 0.25) is 0 Å². The van der Waals surface area contributed by atoms with Gasteiger partial charge in [0.2, 0.25) is 11.8 Å². The summed E-state index contributed by atoms with van der Waals surface area (Å²) in [7, 11) is 1.69. The summed E-state index contributed by atoms with van der Waals surface area (Å²) in [5.41, 5.74) is 0.797. The molecule has 1 saturated carbocycles. The third kappa shape index (κ3) is 5.77. The number of hydrogen-bond donors (Lipinski definition) is 1. The molecule has 0 saturated heterocycles.